The molecule has 21 heavy (non-hydrogen) atoms. The number of nitrogens with zero attached hydrogens (tertiary/aromatic N) is 1. The van der Waals surface area contributed by atoms with E-state index in [4.69, 9.17) is 4.74 Å². The Morgan fingerprint density at radius 1 is 1.24 bits per heavy atom. The molecule has 2 rings (SSSR count). The van der Waals surface area contributed by atoms with Gasteiger partial charge in [-0.05, 0) is 38.3 Å². The van der Waals surface area contributed by atoms with Gasteiger partial charge in [0.05, 0.1) is 6.61 Å². The SMILES string of the molecule is CCOC(=O)C1CCCCN1C(=O)c1cc(O)cc(O)c1. The highest BCUT2D eigenvalue weighted by molar-refractivity contribution is 5.97. The third kappa shape index (κ3) is 3.45. The second-order valence-electron chi connectivity index (χ2n) is 5.00. The molecule has 0 bridgehead atoms. The molecule has 1 aliphatic heterocycles. The molecule has 1 unspecified atom stereocenters. The number of carbonyl (C=O) groups is 2. The van der Waals surface area contributed by atoms with Crippen LogP contribution in [0.1, 0.15) is 36.5 Å². The maximum atomic E-state index is 12.5. The van der Waals surface area contributed by atoms with E-state index in [1.54, 1.807) is 6.92 Å². The van der Waals surface area contributed by atoms with Crippen molar-refractivity contribution in [2.45, 2.75) is 32.2 Å². The Morgan fingerprint density at radius 3 is 2.52 bits per heavy atom. The molecule has 1 aliphatic rings. The number of phenolic OH excluding ortho intramolecular Hbond substituents is 2. The number of rotatable bonds is 3. The van der Waals surface area contributed by atoms with Crippen molar-refractivity contribution in [3.63, 3.8) is 0 Å². The third-order valence-corrected chi connectivity index (χ3v) is 3.47. The number of ether oxygens (including phenoxy) is 1. The molecule has 1 heterocycles. The Balaban J connectivity index is 2.24. The minimum Gasteiger partial charge on any atom is -0.508 e. The molecular weight excluding hydrogens is 274 g/mol. The first kappa shape index (κ1) is 15.2. The van der Waals surface area contributed by atoms with Crippen LogP contribution >= 0.6 is 0 Å². The van der Waals surface area contributed by atoms with E-state index in [0.29, 0.717) is 13.0 Å². The lowest BCUT2D eigenvalue weighted by molar-refractivity contribution is -0.149. The number of amides is 1. The van der Waals surface area contributed by atoms with Gasteiger partial charge in [0.2, 0.25) is 0 Å². The quantitative estimate of drug-likeness (QED) is 0.828. The highest BCUT2D eigenvalue weighted by Crippen LogP contribution is 2.25. The standard InChI is InChI=1S/C15H19NO5/c1-2-21-15(20)13-5-3-4-6-16(13)14(19)10-7-11(17)9-12(18)8-10/h7-9,13,17-18H,2-6H2,1H3. The number of hydrogen-bond acceptors (Lipinski definition) is 5. The molecule has 6 heteroatoms. The van der Waals surface area contributed by atoms with Crippen molar-refractivity contribution in [3.8, 4) is 11.5 Å². The molecule has 114 valence electrons. The van der Waals surface area contributed by atoms with Crippen molar-refractivity contribution in [1.29, 1.82) is 0 Å². The normalized spacial score (nSPS) is 18.3. The van der Waals surface area contributed by atoms with Crippen molar-refractivity contribution >= 4 is 11.9 Å². The van der Waals surface area contributed by atoms with Gasteiger partial charge in [0.15, 0.2) is 0 Å². The Labute approximate surface area is 122 Å². The first-order valence-corrected chi connectivity index (χ1v) is 7.03. The second-order valence-corrected chi connectivity index (χ2v) is 5.00. The zero-order valence-corrected chi connectivity index (χ0v) is 11.9. The van der Waals surface area contributed by atoms with Crippen LogP contribution in [0.3, 0.4) is 0 Å². The zero-order chi connectivity index (χ0) is 15.4. The molecule has 1 amide bonds. The van der Waals surface area contributed by atoms with Crippen LogP contribution in [-0.2, 0) is 9.53 Å². The van der Waals surface area contributed by atoms with Gasteiger partial charge >= 0.3 is 5.97 Å². The van der Waals surface area contributed by atoms with Gasteiger partial charge in [0.1, 0.15) is 17.5 Å². The predicted octanol–water partition coefficient (Wildman–Crippen LogP) is 1.66. The summed E-state index contributed by atoms with van der Waals surface area (Å²) in [4.78, 5) is 25.9. The maximum absolute atomic E-state index is 12.5. The van der Waals surface area contributed by atoms with Gasteiger partial charge in [-0.3, -0.25) is 4.79 Å². The summed E-state index contributed by atoms with van der Waals surface area (Å²) in [7, 11) is 0. The summed E-state index contributed by atoms with van der Waals surface area (Å²) in [5.74, 6) is -1.18. The highest BCUT2D eigenvalue weighted by Gasteiger charge is 2.33. The fourth-order valence-electron chi connectivity index (χ4n) is 2.54. The monoisotopic (exact) mass is 293 g/mol. The Morgan fingerprint density at radius 2 is 1.90 bits per heavy atom. The number of esters is 1. The summed E-state index contributed by atoms with van der Waals surface area (Å²) in [5, 5.41) is 19.0. The summed E-state index contributed by atoms with van der Waals surface area (Å²) < 4.78 is 5.01. The van der Waals surface area contributed by atoms with Gasteiger partial charge in [-0.1, -0.05) is 0 Å². The molecular formula is C15H19NO5. The van der Waals surface area contributed by atoms with E-state index in [1.165, 1.54) is 17.0 Å². The number of benzene rings is 1. The number of aromatic hydroxyl groups is 2. The van der Waals surface area contributed by atoms with E-state index in [1.807, 2.05) is 0 Å². The van der Waals surface area contributed by atoms with Gasteiger partial charge in [0, 0.05) is 18.2 Å². The number of piperidine rings is 1. The van der Waals surface area contributed by atoms with E-state index in [-0.39, 0.29) is 29.6 Å². The van der Waals surface area contributed by atoms with E-state index in [9.17, 15) is 19.8 Å². The molecule has 1 aromatic rings. The lowest BCUT2D eigenvalue weighted by Gasteiger charge is -2.34. The van der Waals surface area contributed by atoms with E-state index in [2.05, 4.69) is 0 Å². The minimum atomic E-state index is -0.601. The molecule has 1 aromatic carbocycles. The van der Waals surface area contributed by atoms with Gasteiger partial charge in [-0.2, -0.15) is 0 Å². The Hall–Kier alpha value is -2.24. The lowest BCUT2D eigenvalue weighted by Crippen LogP contribution is -2.48. The van der Waals surface area contributed by atoms with Crippen LogP contribution in [0.15, 0.2) is 18.2 Å². The smallest absolute Gasteiger partial charge is 0.328 e. The largest absolute Gasteiger partial charge is 0.508 e. The van der Waals surface area contributed by atoms with Crippen molar-refractivity contribution in [2.75, 3.05) is 13.2 Å². The summed E-state index contributed by atoms with van der Waals surface area (Å²) >= 11 is 0. The van der Waals surface area contributed by atoms with E-state index in [0.717, 1.165) is 18.9 Å². The van der Waals surface area contributed by atoms with Crippen LogP contribution in [0.2, 0.25) is 0 Å². The molecule has 1 fully saturated rings. The van der Waals surface area contributed by atoms with Crippen molar-refractivity contribution in [1.82, 2.24) is 4.90 Å². The summed E-state index contributed by atoms with van der Waals surface area (Å²) in [6.45, 7) is 2.45. The number of phenols is 2. The van der Waals surface area contributed by atoms with Crippen LogP contribution in [0.25, 0.3) is 0 Å². The molecule has 0 aliphatic carbocycles. The van der Waals surface area contributed by atoms with Crippen molar-refractivity contribution < 1.29 is 24.5 Å². The fourth-order valence-corrected chi connectivity index (χ4v) is 2.54. The summed E-state index contributed by atoms with van der Waals surface area (Å²) in [5.41, 5.74) is 0.156. The van der Waals surface area contributed by atoms with Gasteiger partial charge < -0.3 is 19.8 Å². The molecule has 0 radical (unpaired) electrons. The average molecular weight is 293 g/mol. The zero-order valence-electron chi connectivity index (χ0n) is 11.9. The minimum absolute atomic E-state index is 0.156. The number of likely N-dealkylation sites (tertiary alicyclic amines) is 1. The number of carbonyl (C=O) groups excluding carboxylic acids is 2. The van der Waals surface area contributed by atoms with Crippen molar-refractivity contribution in [2.24, 2.45) is 0 Å². The molecule has 2 N–H and O–H groups in total. The summed E-state index contributed by atoms with van der Waals surface area (Å²) in [6, 6.07) is 3.10. The maximum Gasteiger partial charge on any atom is 0.328 e. The van der Waals surface area contributed by atoms with Crippen molar-refractivity contribution in [3.05, 3.63) is 23.8 Å². The van der Waals surface area contributed by atoms with Crippen LogP contribution in [0.4, 0.5) is 0 Å². The fraction of sp³-hybridized carbons (Fsp3) is 0.467. The molecule has 0 saturated carbocycles. The van der Waals surface area contributed by atoms with Gasteiger partial charge in [-0.15, -0.1) is 0 Å². The topological polar surface area (TPSA) is 87.1 Å². The summed E-state index contributed by atoms with van der Waals surface area (Å²) in [6.07, 6.45) is 2.24. The molecule has 1 atom stereocenters. The Bertz CT molecular complexity index is 523. The molecule has 0 spiro atoms. The number of hydrogen-bond donors (Lipinski definition) is 2. The molecule has 6 nitrogen and oxygen atoms in total. The van der Waals surface area contributed by atoms with E-state index < -0.39 is 12.0 Å². The first-order valence-electron chi connectivity index (χ1n) is 7.03. The highest BCUT2D eigenvalue weighted by atomic mass is 16.5. The average Bonchev–Trinajstić information content (AvgIpc) is 2.45. The Kier molecular flexibility index (Phi) is 4.67. The van der Waals surface area contributed by atoms with Gasteiger partial charge in [-0.25, -0.2) is 4.79 Å². The predicted molar refractivity (Wildman–Crippen MR) is 75.1 cm³/mol. The lowest BCUT2D eigenvalue weighted by atomic mass is 10.0. The van der Waals surface area contributed by atoms with Gasteiger partial charge in [0.25, 0.3) is 5.91 Å². The van der Waals surface area contributed by atoms with Crippen LogP contribution in [0, 0.1) is 0 Å². The van der Waals surface area contributed by atoms with Crippen LogP contribution in [-0.4, -0.2) is 46.2 Å². The third-order valence-electron chi connectivity index (χ3n) is 3.47. The van der Waals surface area contributed by atoms with E-state index >= 15 is 0 Å². The van der Waals surface area contributed by atoms with Crippen LogP contribution in [0.5, 0.6) is 11.5 Å². The molecule has 1 saturated heterocycles. The second kappa shape index (κ2) is 6.47. The molecule has 0 aromatic heterocycles. The first-order chi connectivity index (χ1) is 10.0. The van der Waals surface area contributed by atoms with Crippen LogP contribution < -0.4 is 0 Å².